The first-order valence-electron chi connectivity index (χ1n) is 9.64. The van der Waals surface area contributed by atoms with Gasteiger partial charge in [0, 0.05) is 32.1 Å². The first kappa shape index (κ1) is 22.2. The Balaban J connectivity index is 2.20. The number of ether oxygens (including phenoxy) is 4. The number of ketones is 1. The number of Topliss-reactive ketones (excluding diaryl/α,β-unsaturated/α-hetero) is 1. The summed E-state index contributed by atoms with van der Waals surface area (Å²) in [7, 11) is 3.23. The van der Waals surface area contributed by atoms with Gasteiger partial charge in [-0.3, -0.25) is 14.9 Å². The highest BCUT2D eigenvalue weighted by Gasteiger charge is 2.41. The smallest absolute Gasteiger partial charge is 0.323 e. The Morgan fingerprint density at radius 1 is 1.18 bits per heavy atom. The van der Waals surface area contributed by atoms with Gasteiger partial charge in [-0.05, 0) is 44.9 Å². The van der Waals surface area contributed by atoms with E-state index < -0.39 is 6.04 Å². The molecule has 1 aliphatic rings. The summed E-state index contributed by atoms with van der Waals surface area (Å²) in [6, 6.07) is 4.79. The van der Waals surface area contributed by atoms with Gasteiger partial charge in [-0.25, -0.2) is 0 Å². The lowest BCUT2D eigenvalue weighted by molar-refractivity contribution is -0.149. The average Bonchev–Trinajstić information content (AvgIpc) is 3.10. The van der Waals surface area contributed by atoms with Crippen molar-refractivity contribution < 1.29 is 28.5 Å². The summed E-state index contributed by atoms with van der Waals surface area (Å²) in [5, 5.41) is 3.27. The maximum atomic E-state index is 12.3. The van der Waals surface area contributed by atoms with Crippen LogP contribution in [-0.4, -0.2) is 51.3 Å². The van der Waals surface area contributed by atoms with E-state index in [-0.39, 0.29) is 29.8 Å². The standard InChI is InChI=1S/C21H31NO6/c1-13(2)28-21(24)17-12-16(14(3)23)20(22-17)15-7-8-18(26-5)19(11-15)27-10-6-9-25-4/h7-8,11,13,16-17,20,22H,6,9-10,12H2,1-5H3/t16-,17+,20+/m1/s1. The second kappa shape index (κ2) is 10.4. The number of carbonyl (C=O) groups is 2. The van der Waals surface area contributed by atoms with Crippen molar-refractivity contribution in [3.8, 4) is 11.5 Å². The summed E-state index contributed by atoms with van der Waals surface area (Å²) in [6.07, 6.45) is 0.976. The molecule has 0 unspecified atom stereocenters. The van der Waals surface area contributed by atoms with E-state index in [2.05, 4.69) is 5.32 Å². The molecule has 0 saturated carbocycles. The van der Waals surface area contributed by atoms with E-state index in [9.17, 15) is 9.59 Å². The highest BCUT2D eigenvalue weighted by molar-refractivity contribution is 5.83. The third-order valence-electron chi connectivity index (χ3n) is 4.73. The van der Waals surface area contributed by atoms with Crippen LogP contribution in [0.1, 0.15) is 45.2 Å². The molecule has 0 bridgehead atoms. The van der Waals surface area contributed by atoms with Crippen molar-refractivity contribution >= 4 is 11.8 Å². The predicted molar refractivity (Wildman–Crippen MR) is 105 cm³/mol. The van der Waals surface area contributed by atoms with E-state index in [0.717, 1.165) is 12.0 Å². The van der Waals surface area contributed by atoms with Gasteiger partial charge in [0.05, 0.1) is 19.8 Å². The molecule has 1 aromatic rings. The van der Waals surface area contributed by atoms with Crippen LogP contribution in [0.15, 0.2) is 18.2 Å². The maximum Gasteiger partial charge on any atom is 0.323 e. The van der Waals surface area contributed by atoms with Gasteiger partial charge < -0.3 is 18.9 Å². The van der Waals surface area contributed by atoms with Crippen LogP contribution in [-0.2, 0) is 19.1 Å². The number of hydrogen-bond acceptors (Lipinski definition) is 7. The molecule has 1 fully saturated rings. The normalized spacial score (nSPS) is 21.6. The molecule has 0 radical (unpaired) electrons. The van der Waals surface area contributed by atoms with Crippen LogP contribution in [0.3, 0.4) is 0 Å². The third-order valence-corrected chi connectivity index (χ3v) is 4.73. The van der Waals surface area contributed by atoms with E-state index in [1.54, 1.807) is 21.1 Å². The molecule has 7 nitrogen and oxygen atoms in total. The zero-order valence-corrected chi connectivity index (χ0v) is 17.3. The van der Waals surface area contributed by atoms with Crippen LogP contribution >= 0.6 is 0 Å². The van der Waals surface area contributed by atoms with Gasteiger partial charge in [0.1, 0.15) is 11.8 Å². The molecular weight excluding hydrogens is 362 g/mol. The molecule has 0 aliphatic carbocycles. The molecule has 3 atom stereocenters. The minimum atomic E-state index is -0.505. The van der Waals surface area contributed by atoms with Gasteiger partial charge in [0.25, 0.3) is 0 Å². The lowest BCUT2D eigenvalue weighted by Crippen LogP contribution is -2.35. The lowest BCUT2D eigenvalue weighted by Gasteiger charge is -2.20. The molecule has 1 saturated heterocycles. The largest absolute Gasteiger partial charge is 0.493 e. The Kier molecular flexibility index (Phi) is 8.26. The molecule has 0 aromatic heterocycles. The van der Waals surface area contributed by atoms with Crippen molar-refractivity contribution in [2.75, 3.05) is 27.4 Å². The number of rotatable bonds is 10. The minimum Gasteiger partial charge on any atom is -0.493 e. The minimum absolute atomic E-state index is 0.0377. The number of nitrogens with one attached hydrogen (secondary N) is 1. The van der Waals surface area contributed by atoms with Crippen LogP contribution in [0.5, 0.6) is 11.5 Å². The van der Waals surface area contributed by atoms with Gasteiger partial charge in [0.15, 0.2) is 11.5 Å². The van der Waals surface area contributed by atoms with Gasteiger partial charge in [-0.1, -0.05) is 6.07 Å². The molecule has 28 heavy (non-hydrogen) atoms. The molecule has 1 aromatic carbocycles. The van der Waals surface area contributed by atoms with E-state index in [0.29, 0.717) is 31.1 Å². The predicted octanol–water partition coefficient (Wildman–Crippen LogP) is 2.67. The Morgan fingerprint density at radius 3 is 2.54 bits per heavy atom. The topological polar surface area (TPSA) is 83.1 Å². The monoisotopic (exact) mass is 393 g/mol. The average molecular weight is 393 g/mol. The van der Waals surface area contributed by atoms with Crippen LogP contribution < -0.4 is 14.8 Å². The molecule has 1 heterocycles. The first-order chi connectivity index (χ1) is 13.4. The molecule has 0 amide bonds. The fraction of sp³-hybridized carbons (Fsp3) is 0.619. The van der Waals surface area contributed by atoms with Crippen molar-refractivity contribution in [3.63, 3.8) is 0 Å². The summed E-state index contributed by atoms with van der Waals surface area (Å²) in [5.41, 5.74) is 0.877. The fourth-order valence-corrected chi connectivity index (χ4v) is 3.38. The van der Waals surface area contributed by atoms with Crippen LogP contribution in [0.4, 0.5) is 0 Å². The van der Waals surface area contributed by atoms with E-state index in [1.165, 1.54) is 0 Å². The Labute approximate surface area is 166 Å². The van der Waals surface area contributed by atoms with Gasteiger partial charge in [-0.2, -0.15) is 0 Å². The van der Waals surface area contributed by atoms with Crippen molar-refractivity contribution in [1.29, 1.82) is 0 Å². The van der Waals surface area contributed by atoms with Crippen LogP contribution in [0, 0.1) is 5.92 Å². The second-order valence-electron chi connectivity index (χ2n) is 7.24. The molecule has 7 heteroatoms. The number of esters is 1. The number of benzene rings is 1. The van der Waals surface area contributed by atoms with Gasteiger partial charge in [-0.15, -0.1) is 0 Å². The number of methoxy groups -OCH3 is 2. The van der Waals surface area contributed by atoms with Gasteiger partial charge in [0.2, 0.25) is 0 Å². The highest BCUT2D eigenvalue weighted by atomic mass is 16.5. The molecule has 1 aliphatic heterocycles. The third kappa shape index (κ3) is 5.69. The first-order valence-corrected chi connectivity index (χ1v) is 9.64. The zero-order chi connectivity index (χ0) is 20.7. The van der Waals surface area contributed by atoms with Crippen LogP contribution in [0.2, 0.25) is 0 Å². The van der Waals surface area contributed by atoms with E-state index in [4.69, 9.17) is 18.9 Å². The summed E-state index contributed by atoms with van der Waals surface area (Å²) < 4.78 is 21.6. The highest BCUT2D eigenvalue weighted by Crippen LogP contribution is 2.38. The van der Waals surface area contributed by atoms with Crippen LogP contribution in [0.25, 0.3) is 0 Å². The SMILES string of the molecule is COCCCOc1cc([C@@H]2N[C@H](C(=O)OC(C)C)C[C@@H]2C(C)=O)ccc1OC. The molecule has 156 valence electrons. The van der Waals surface area contributed by atoms with Crippen molar-refractivity contribution in [2.45, 2.75) is 51.8 Å². The lowest BCUT2D eigenvalue weighted by atomic mass is 9.90. The van der Waals surface area contributed by atoms with Crippen molar-refractivity contribution in [1.82, 2.24) is 5.32 Å². The summed E-state index contributed by atoms with van der Waals surface area (Å²) >= 11 is 0. The van der Waals surface area contributed by atoms with Gasteiger partial charge >= 0.3 is 5.97 Å². The Bertz CT molecular complexity index is 675. The Hall–Kier alpha value is -2.12. The molecule has 2 rings (SSSR count). The van der Waals surface area contributed by atoms with E-state index in [1.807, 2.05) is 32.0 Å². The van der Waals surface area contributed by atoms with E-state index >= 15 is 0 Å². The Morgan fingerprint density at radius 2 is 1.93 bits per heavy atom. The number of carbonyl (C=O) groups excluding carboxylic acids is 2. The summed E-state index contributed by atoms with van der Waals surface area (Å²) in [6.45, 7) is 6.28. The number of hydrogen-bond donors (Lipinski definition) is 1. The molecule has 1 N–H and O–H groups in total. The molecule has 0 spiro atoms. The summed E-state index contributed by atoms with van der Waals surface area (Å²) in [4.78, 5) is 24.5. The maximum absolute atomic E-state index is 12.3. The quantitative estimate of drug-likeness (QED) is 0.483. The second-order valence-corrected chi connectivity index (χ2v) is 7.24. The summed E-state index contributed by atoms with van der Waals surface area (Å²) in [5.74, 6) is 0.631. The fourth-order valence-electron chi connectivity index (χ4n) is 3.38. The van der Waals surface area contributed by atoms with Crippen molar-refractivity contribution in [2.24, 2.45) is 5.92 Å². The van der Waals surface area contributed by atoms with Crippen molar-refractivity contribution in [3.05, 3.63) is 23.8 Å². The molecular formula is C21H31NO6. The zero-order valence-electron chi connectivity index (χ0n) is 17.3.